The first-order chi connectivity index (χ1) is 10.1. The molecule has 3 N–H and O–H groups in total. The van der Waals surface area contributed by atoms with Crippen molar-refractivity contribution in [1.82, 2.24) is 15.3 Å². The molecule has 21 heavy (non-hydrogen) atoms. The van der Waals surface area contributed by atoms with E-state index in [1.54, 1.807) is 0 Å². The molecule has 5 heteroatoms. The molecule has 0 radical (unpaired) electrons. The van der Waals surface area contributed by atoms with E-state index in [0.29, 0.717) is 17.9 Å². The Balaban J connectivity index is 1.87. The highest BCUT2D eigenvalue weighted by atomic mass is 16.3. The largest absolute Gasteiger partial charge is 0.391 e. The fraction of sp³-hybridized carbons (Fsp3) is 0.375. The Morgan fingerprint density at radius 3 is 2.86 bits per heavy atom. The summed E-state index contributed by atoms with van der Waals surface area (Å²) in [5.74, 6) is 0.458. The van der Waals surface area contributed by atoms with Gasteiger partial charge in [-0.3, -0.25) is 4.79 Å². The Morgan fingerprint density at radius 2 is 2.14 bits per heavy atom. The minimum atomic E-state index is -0.566. The molecule has 1 aromatic carbocycles. The smallest absolute Gasteiger partial charge is 0.272 e. The highest BCUT2D eigenvalue weighted by Crippen LogP contribution is 2.30. The van der Waals surface area contributed by atoms with Crippen LogP contribution in [0.15, 0.2) is 24.3 Å². The first-order valence-electron chi connectivity index (χ1n) is 7.16. The Labute approximate surface area is 123 Å². The lowest BCUT2D eigenvalue weighted by Gasteiger charge is -2.30. The maximum Gasteiger partial charge on any atom is 0.272 e. The molecule has 1 heterocycles. The van der Waals surface area contributed by atoms with Crippen molar-refractivity contribution in [1.29, 1.82) is 0 Å². The van der Waals surface area contributed by atoms with Gasteiger partial charge in [0.15, 0.2) is 0 Å². The second-order valence-electron chi connectivity index (χ2n) is 5.55. The summed E-state index contributed by atoms with van der Waals surface area (Å²) in [5.41, 5.74) is 3.31. The van der Waals surface area contributed by atoms with Crippen molar-refractivity contribution < 1.29 is 9.90 Å². The van der Waals surface area contributed by atoms with Crippen LogP contribution in [0, 0.1) is 13.8 Å². The third kappa shape index (κ3) is 2.56. The van der Waals surface area contributed by atoms with E-state index in [9.17, 15) is 9.90 Å². The number of H-pyrrole nitrogens is 1. The van der Waals surface area contributed by atoms with E-state index in [2.05, 4.69) is 15.3 Å². The topological polar surface area (TPSA) is 78.0 Å². The Kier molecular flexibility index (Phi) is 3.51. The summed E-state index contributed by atoms with van der Waals surface area (Å²) < 4.78 is 0. The van der Waals surface area contributed by atoms with Crippen LogP contribution >= 0.6 is 0 Å². The molecule has 2 aromatic rings. The average Bonchev–Trinajstić information content (AvgIpc) is 2.81. The first kappa shape index (κ1) is 13.8. The molecule has 0 saturated heterocycles. The molecule has 1 aliphatic rings. The number of hydrogen-bond donors (Lipinski definition) is 3. The zero-order chi connectivity index (χ0) is 15.0. The normalized spacial score (nSPS) is 20.9. The number of hydrogen-bond acceptors (Lipinski definition) is 3. The van der Waals surface area contributed by atoms with Gasteiger partial charge >= 0.3 is 0 Å². The molecular weight excluding hydrogens is 266 g/mol. The number of carbonyl (C=O) groups is 1. The standard InChI is InChI=1S/C16H19N3O2/c1-9-14(18-10(2)17-9)16(21)19-15-12-6-4-3-5-11(12)7-8-13(15)20/h3-6,13,15,20H,7-8H2,1-2H3,(H,17,18)(H,19,21)/t13-,15+/m1/s1. The zero-order valence-electron chi connectivity index (χ0n) is 12.2. The average molecular weight is 285 g/mol. The summed E-state index contributed by atoms with van der Waals surface area (Å²) in [6.45, 7) is 3.63. The number of benzene rings is 1. The lowest BCUT2D eigenvalue weighted by atomic mass is 9.85. The number of aryl methyl sites for hydroxylation is 3. The number of aromatic nitrogens is 2. The highest BCUT2D eigenvalue weighted by Gasteiger charge is 2.30. The van der Waals surface area contributed by atoms with Gasteiger partial charge in [0.05, 0.1) is 12.1 Å². The molecule has 0 bridgehead atoms. The maximum absolute atomic E-state index is 12.4. The molecule has 0 saturated carbocycles. The van der Waals surface area contributed by atoms with Crippen LogP contribution in [0.4, 0.5) is 0 Å². The van der Waals surface area contributed by atoms with E-state index < -0.39 is 6.10 Å². The fourth-order valence-electron chi connectivity index (χ4n) is 2.96. The summed E-state index contributed by atoms with van der Waals surface area (Å²) in [5, 5.41) is 13.2. The SMILES string of the molecule is Cc1nc(C(=O)N[C@H]2c3ccccc3CC[C@H]2O)c(C)[nH]1. The molecule has 3 rings (SSSR count). The van der Waals surface area contributed by atoms with E-state index in [1.165, 1.54) is 5.56 Å². The molecule has 0 fully saturated rings. The van der Waals surface area contributed by atoms with Crippen LogP contribution in [0.5, 0.6) is 0 Å². The summed E-state index contributed by atoms with van der Waals surface area (Å²) >= 11 is 0. The number of aromatic amines is 1. The highest BCUT2D eigenvalue weighted by molar-refractivity contribution is 5.93. The number of aliphatic hydroxyl groups excluding tert-OH is 1. The lowest BCUT2D eigenvalue weighted by molar-refractivity contribution is 0.0787. The molecule has 1 amide bonds. The van der Waals surface area contributed by atoms with Crippen LogP contribution in [-0.4, -0.2) is 27.1 Å². The molecule has 1 aromatic heterocycles. The van der Waals surface area contributed by atoms with E-state index in [1.807, 2.05) is 38.1 Å². The monoisotopic (exact) mass is 285 g/mol. The van der Waals surface area contributed by atoms with Gasteiger partial charge in [0.25, 0.3) is 5.91 Å². The number of rotatable bonds is 2. The minimum Gasteiger partial charge on any atom is -0.391 e. The second kappa shape index (κ2) is 5.33. The molecule has 0 unspecified atom stereocenters. The van der Waals surface area contributed by atoms with Gasteiger partial charge in [-0.25, -0.2) is 4.98 Å². The maximum atomic E-state index is 12.4. The molecular formula is C16H19N3O2. The van der Waals surface area contributed by atoms with Crippen LogP contribution in [0.1, 0.15) is 45.6 Å². The van der Waals surface area contributed by atoms with Crippen molar-refractivity contribution in [2.75, 3.05) is 0 Å². The summed E-state index contributed by atoms with van der Waals surface area (Å²) in [6, 6.07) is 7.55. The van der Waals surface area contributed by atoms with Crippen LogP contribution < -0.4 is 5.32 Å². The van der Waals surface area contributed by atoms with Crippen LogP contribution in [0.2, 0.25) is 0 Å². The molecule has 2 atom stereocenters. The van der Waals surface area contributed by atoms with Crippen molar-refractivity contribution in [2.24, 2.45) is 0 Å². The summed E-state index contributed by atoms with van der Waals surface area (Å²) in [7, 11) is 0. The van der Waals surface area contributed by atoms with Gasteiger partial charge in [0.1, 0.15) is 11.5 Å². The van der Waals surface area contributed by atoms with Gasteiger partial charge in [0, 0.05) is 5.69 Å². The number of nitrogens with one attached hydrogen (secondary N) is 2. The van der Waals surface area contributed by atoms with Gasteiger partial charge in [-0.15, -0.1) is 0 Å². The van der Waals surface area contributed by atoms with Gasteiger partial charge in [0.2, 0.25) is 0 Å². The van der Waals surface area contributed by atoms with Crippen LogP contribution in [0.3, 0.4) is 0 Å². The number of imidazole rings is 1. The molecule has 110 valence electrons. The van der Waals surface area contributed by atoms with Crippen molar-refractivity contribution >= 4 is 5.91 Å². The quantitative estimate of drug-likeness (QED) is 0.787. The number of aliphatic hydroxyl groups is 1. The van der Waals surface area contributed by atoms with Gasteiger partial charge < -0.3 is 15.4 Å². The van der Waals surface area contributed by atoms with E-state index in [-0.39, 0.29) is 11.9 Å². The van der Waals surface area contributed by atoms with E-state index in [4.69, 9.17) is 0 Å². The lowest BCUT2D eigenvalue weighted by Crippen LogP contribution is -2.39. The predicted octanol–water partition coefficient (Wildman–Crippen LogP) is 1.80. The number of fused-ring (bicyclic) bond motifs is 1. The van der Waals surface area contributed by atoms with Gasteiger partial charge in [-0.1, -0.05) is 24.3 Å². The third-order valence-electron chi connectivity index (χ3n) is 3.99. The predicted molar refractivity (Wildman–Crippen MR) is 79.0 cm³/mol. The van der Waals surface area contributed by atoms with E-state index >= 15 is 0 Å². The number of carbonyl (C=O) groups excluding carboxylic acids is 1. The van der Waals surface area contributed by atoms with Crippen molar-refractivity contribution in [2.45, 2.75) is 38.8 Å². The van der Waals surface area contributed by atoms with E-state index in [0.717, 1.165) is 17.7 Å². The molecule has 0 aliphatic heterocycles. The minimum absolute atomic E-state index is 0.252. The fourth-order valence-corrected chi connectivity index (χ4v) is 2.96. The summed E-state index contributed by atoms with van der Waals surface area (Å²) in [6.07, 6.45) is 0.925. The summed E-state index contributed by atoms with van der Waals surface area (Å²) in [4.78, 5) is 19.6. The molecule has 5 nitrogen and oxygen atoms in total. The Bertz CT molecular complexity index is 678. The van der Waals surface area contributed by atoms with Crippen LogP contribution in [0.25, 0.3) is 0 Å². The first-order valence-corrected chi connectivity index (χ1v) is 7.16. The van der Waals surface area contributed by atoms with Crippen molar-refractivity contribution in [3.05, 3.63) is 52.6 Å². The second-order valence-corrected chi connectivity index (χ2v) is 5.55. The Morgan fingerprint density at radius 1 is 1.38 bits per heavy atom. The van der Waals surface area contributed by atoms with Gasteiger partial charge in [-0.05, 0) is 37.8 Å². The van der Waals surface area contributed by atoms with Crippen molar-refractivity contribution in [3.8, 4) is 0 Å². The zero-order valence-corrected chi connectivity index (χ0v) is 12.2. The molecule has 0 spiro atoms. The van der Waals surface area contributed by atoms with Crippen LogP contribution in [-0.2, 0) is 6.42 Å². The molecule has 1 aliphatic carbocycles. The van der Waals surface area contributed by atoms with Gasteiger partial charge in [-0.2, -0.15) is 0 Å². The Hall–Kier alpha value is -2.14. The van der Waals surface area contributed by atoms with Crippen molar-refractivity contribution in [3.63, 3.8) is 0 Å². The third-order valence-corrected chi connectivity index (χ3v) is 3.99. The number of amides is 1. The number of nitrogens with zero attached hydrogens (tertiary/aromatic N) is 1.